The van der Waals surface area contributed by atoms with E-state index < -0.39 is 12.1 Å². The van der Waals surface area contributed by atoms with Gasteiger partial charge in [0.25, 0.3) is 0 Å². The number of hydrogen-bond donors (Lipinski definition) is 3. The molecule has 3 N–H and O–H groups in total. The van der Waals surface area contributed by atoms with Gasteiger partial charge in [-0.05, 0) is 36.2 Å². The number of carbonyl (C=O) groups is 2. The predicted octanol–water partition coefficient (Wildman–Crippen LogP) is 3.31. The summed E-state index contributed by atoms with van der Waals surface area (Å²) in [5.74, 6) is -0.227. The minimum Gasteiger partial charge on any atom is -0.504 e. The summed E-state index contributed by atoms with van der Waals surface area (Å²) in [5.41, 5.74) is 0.353. The van der Waals surface area contributed by atoms with E-state index in [1.54, 1.807) is 31.2 Å². The molecule has 0 amide bonds. The molecule has 0 saturated carbocycles. The first-order valence-electron chi connectivity index (χ1n) is 9.03. The number of rotatable bonds is 8. The van der Waals surface area contributed by atoms with Crippen LogP contribution < -0.4 is 14.2 Å². The molecule has 0 heterocycles. The average Bonchev–Trinajstić information content (AvgIpc) is 2.73. The number of aliphatic carboxylic acids is 1. The third-order valence-corrected chi connectivity index (χ3v) is 3.57. The molecular formula is C21H26O8. The highest BCUT2D eigenvalue weighted by atomic mass is 16.5. The number of aliphatic hydroxyl groups excluding tert-OH is 1. The van der Waals surface area contributed by atoms with Gasteiger partial charge >= 0.3 is 11.9 Å². The van der Waals surface area contributed by atoms with E-state index in [9.17, 15) is 19.8 Å². The topological polar surface area (TPSA) is 123 Å². The Balaban J connectivity index is 0.000000291. The minimum absolute atomic E-state index is 0.0174. The second-order valence-corrected chi connectivity index (χ2v) is 5.82. The SMILES string of the molecule is CCC(=O)Oc1ccc(O)c(OC)c1.CCCOc1ccc(C(O)C(=O)O)cc1. The number of aliphatic hydroxyl groups is 1. The Labute approximate surface area is 169 Å². The maximum absolute atomic E-state index is 10.9. The molecule has 0 radical (unpaired) electrons. The third kappa shape index (κ3) is 8.10. The van der Waals surface area contributed by atoms with E-state index in [0.717, 1.165) is 6.42 Å². The Bertz CT molecular complexity index is 786. The zero-order valence-electron chi connectivity index (χ0n) is 16.6. The molecule has 2 aromatic carbocycles. The molecule has 29 heavy (non-hydrogen) atoms. The summed E-state index contributed by atoms with van der Waals surface area (Å²) in [6.45, 7) is 4.34. The lowest BCUT2D eigenvalue weighted by molar-refractivity contribution is -0.147. The van der Waals surface area contributed by atoms with Crippen molar-refractivity contribution in [3.05, 3.63) is 48.0 Å². The second kappa shape index (κ2) is 12.2. The molecule has 2 rings (SSSR count). The number of benzene rings is 2. The highest BCUT2D eigenvalue weighted by Crippen LogP contribution is 2.29. The van der Waals surface area contributed by atoms with Gasteiger partial charge < -0.3 is 29.5 Å². The summed E-state index contributed by atoms with van der Waals surface area (Å²) >= 11 is 0. The number of hydrogen-bond acceptors (Lipinski definition) is 7. The van der Waals surface area contributed by atoms with Crippen molar-refractivity contribution in [2.45, 2.75) is 32.8 Å². The van der Waals surface area contributed by atoms with Gasteiger partial charge in [-0.3, -0.25) is 4.79 Å². The number of carboxylic acid groups (broad SMARTS) is 1. The maximum Gasteiger partial charge on any atom is 0.337 e. The van der Waals surface area contributed by atoms with E-state index in [0.29, 0.717) is 30.1 Å². The molecule has 8 nitrogen and oxygen atoms in total. The van der Waals surface area contributed by atoms with Crippen molar-refractivity contribution >= 4 is 11.9 Å². The standard InChI is InChI=1S/C11H14O4.C10H12O4/c1-2-7-15-9-5-3-8(4-6-9)10(12)11(13)14;1-3-10(12)14-7-4-5-8(11)9(6-7)13-2/h3-6,10,12H,2,7H2,1H3,(H,13,14);4-6,11H,3H2,1-2H3. The van der Waals surface area contributed by atoms with E-state index in [1.807, 2.05) is 6.92 Å². The van der Waals surface area contributed by atoms with Crippen molar-refractivity contribution < 1.29 is 39.1 Å². The van der Waals surface area contributed by atoms with Crippen LogP contribution in [0, 0.1) is 0 Å². The van der Waals surface area contributed by atoms with Gasteiger partial charge in [0.2, 0.25) is 0 Å². The first-order chi connectivity index (χ1) is 13.8. The second-order valence-electron chi connectivity index (χ2n) is 5.82. The number of esters is 1. The van der Waals surface area contributed by atoms with E-state index >= 15 is 0 Å². The fourth-order valence-corrected chi connectivity index (χ4v) is 2.03. The van der Waals surface area contributed by atoms with Gasteiger partial charge in [0.05, 0.1) is 13.7 Å². The molecule has 2 aromatic rings. The summed E-state index contributed by atoms with van der Waals surface area (Å²) in [4.78, 5) is 21.4. The number of phenolic OH excluding ortho intramolecular Hbond substituents is 1. The van der Waals surface area contributed by atoms with Crippen molar-refractivity contribution in [2.24, 2.45) is 0 Å². The molecule has 0 aromatic heterocycles. The fourth-order valence-electron chi connectivity index (χ4n) is 2.03. The molecule has 0 spiro atoms. The van der Waals surface area contributed by atoms with Gasteiger partial charge in [0.1, 0.15) is 11.5 Å². The zero-order chi connectivity index (χ0) is 21.8. The maximum atomic E-state index is 10.9. The van der Waals surface area contributed by atoms with Crippen molar-refractivity contribution in [3.8, 4) is 23.0 Å². The average molecular weight is 406 g/mol. The Kier molecular flexibility index (Phi) is 10.0. The highest BCUT2D eigenvalue weighted by molar-refractivity contribution is 5.74. The van der Waals surface area contributed by atoms with Gasteiger partial charge in [0.15, 0.2) is 17.6 Å². The quantitative estimate of drug-likeness (QED) is 0.451. The number of carboxylic acids is 1. The minimum atomic E-state index is -1.47. The molecule has 0 aliphatic carbocycles. The van der Waals surface area contributed by atoms with Gasteiger partial charge in [-0.1, -0.05) is 26.0 Å². The molecule has 0 bridgehead atoms. The van der Waals surface area contributed by atoms with Crippen molar-refractivity contribution in [1.29, 1.82) is 0 Å². The smallest absolute Gasteiger partial charge is 0.337 e. The van der Waals surface area contributed by atoms with Gasteiger partial charge in [0, 0.05) is 12.5 Å². The lowest BCUT2D eigenvalue weighted by Gasteiger charge is -2.07. The van der Waals surface area contributed by atoms with Crippen LogP contribution in [-0.4, -0.2) is 41.0 Å². The van der Waals surface area contributed by atoms with Crippen LogP contribution in [0.3, 0.4) is 0 Å². The zero-order valence-corrected chi connectivity index (χ0v) is 16.6. The van der Waals surface area contributed by atoms with Crippen LogP contribution in [0.25, 0.3) is 0 Å². The van der Waals surface area contributed by atoms with Crippen molar-refractivity contribution in [1.82, 2.24) is 0 Å². The fraction of sp³-hybridized carbons (Fsp3) is 0.333. The molecule has 0 fully saturated rings. The van der Waals surface area contributed by atoms with Gasteiger partial charge in [-0.15, -0.1) is 0 Å². The molecule has 1 unspecified atom stereocenters. The van der Waals surface area contributed by atoms with Gasteiger partial charge in [-0.25, -0.2) is 4.79 Å². The monoisotopic (exact) mass is 406 g/mol. The van der Waals surface area contributed by atoms with Crippen molar-refractivity contribution in [3.63, 3.8) is 0 Å². The van der Waals surface area contributed by atoms with E-state index in [-0.39, 0.29) is 17.5 Å². The number of phenols is 1. The van der Waals surface area contributed by atoms with Crippen LogP contribution in [0.2, 0.25) is 0 Å². The van der Waals surface area contributed by atoms with Crippen LogP contribution in [0.15, 0.2) is 42.5 Å². The van der Waals surface area contributed by atoms with Gasteiger partial charge in [-0.2, -0.15) is 0 Å². The van der Waals surface area contributed by atoms with Crippen LogP contribution in [-0.2, 0) is 9.59 Å². The van der Waals surface area contributed by atoms with Crippen LogP contribution >= 0.6 is 0 Å². The Morgan fingerprint density at radius 2 is 1.66 bits per heavy atom. The molecule has 1 atom stereocenters. The van der Waals surface area contributed by atoms with E-state index in [2.05, 4.69) is 0 Å². The summed E-state index contributed by atoms with van der Waals surface area (Å²) < 4.78 is 15.1. The summed E-state index contributed by atoms with van der Waals surface area (Å²) in [6, 6.07) is 10.8. The summed E-state index contributed by atoms with van der Waals surface area (Å²) in [7, 11) is 1.43. The Hall–Kier alpha value is -3.26. The molecule has 158 valence electrons. The number of ether oxygens (including phenoxy) is 3. The van der Waals surface area contributed by atoms with E-state index in [4.69, 9.17) is 19.3 Å². The molecular weight excluding hydrogens is 380 g/mol. The number of methoxy groups -OCH3 is 1. The van der Waals surface area contributed by atoms with E-state index in [1.165, 1.54) is 25.3 Å². The predicted molar refractivity (Wildman–Crippen MR) is 105 cm³/mol. The van der Waals surface area contributed by atoms with Crippen LogP contribution in [0.1, 0.15) is 38.4 Å². The van der Waals surface area contributed by atoms with Crippen LogP contribution in [0.5, 0.6) is 23.0 Å². The largest absolute Gasteiger partial charge is 0.504 e. The number of carbonyl (C=O) groups excluding carboxylic acids is 1. The van der Waals surface area contributed by atoms with Crippen LogP contribution in [0.4, 0.5) is 0 Å². The highest BCUT2D eigenvalue weighted by Gasteiger charge is 2.15. The first-order valence-corrected chi connectivity index (χ1v) is 9.03. The first kappa shape index (κ1) is 23.8. The Morgan fingerprint density at radius 3 is 2.17 bits per heavy atom. The molecule has 0 aliphatic heterocycles. The molecule has 8 heteroatoms. The lowest BCUT2D eigenvalue weighted by atomic mass is 10.1. The lowest BCUT2D eigenvalue weighted by Crippen LogP contribution is -2.10. The summed E-state index contributed by atoms with van der Waals surface area (Å²) in [6.07, 6.45) is -0.242. The summed E-state index contributed by atoms with van der Waals surface area (Å²) in [5, 5.41) is 27.1. The normalized spacial score (nSPS) is 10.9. The molecule has 0 saturated heterocycles. The third-order valence-electron chi connectivity index (χ3n) is 3.57. The Morgan fingerprint density at radius 1 is 1.03 bits per heavy atom. The molecule has 0 aliphatic rings. The number of aromatic hydroxyl groups is 1. The van der Waals surface area contributed by atoms with Crippen molar-refractivity contribution in [2.75, 3.05) is 13.7 Å².